The molecule has 0 N–H and O–H groups in total. The van der Waals surface area contributed by atoms with E-state index in [0.717, 1.165) is 11.1 Å². The van der Waals surface area contributed by atoms with Crippen LogP contribution in [0.15, 0.2) is 108 Å². The van der Waals surface area contributed by atoms with Crippen LogP contribution >= 0.6 is 0 Å². The number of hydrogen-bond acceptors (Lipinski definition) is 6. The molecule has 0 atom stereocenters. The molecule has 0 bridgehead atoms. The summed E-state index contributed by atoms with van der Waals surface area (Å²) in [6.07, 6.45) is 3.19. The number of fused-ring (bicyclic) bond motifs is 1. The smallest absolute Gasteiger partial charge is 0.348 e. The number of hydrogen-bond donors (Lipinski definition) is 0. The maximum atomic E-state index is 13.5. The Morgan fingerprint density at radius 1 is 0.846 bits per heavy atom. The van der Waals surface area contributed by atoms with Crippen molar-refractivity contribution < 1.29 is 28.2 Å². The van der Waals surface area contributed by atoms with Crippen molar-refractivity contribution >= 4 is 28.8 Å². The molecule has 0 aliphatic rings. The molecule has 6 nitrogen and oxygen atoms in total. The summed E-state index contributed by atoms with van der Waals surface area (Å²) < 4.78 is 22.8. The zero-order chi connectivity index (χ0) is 27.2. The van der Waals surface area contributed by atoms with Gasteiger partial charge < -0.3 is 18.6 Å². The van der Waals surface area contributed by atoms with Gasteiger partial charge in [-0.15, -0.1) is 0 Å². The van der Waals surface area contributed by atoms with E-state index >= 15 is 0 Å². The predicted molar refractivity (Wildman–Crippen MR) is 151 cm³/mol. The molecule has 194 valence electrons. The summed E-state index contributed by atoms with van der Waals surface area (Å²) in [5, 5.41) is 0.595. The molecule has 6 heteroatoms. The van der Waals surface area contributed by atoms with Gasteiger partial charge in [0.2, 0.25) is 0 Å². The molecule has 0 amide bonds. The summed E-state index contributed by atoms with van der Waals surface area (Å²) in [6.45, 7) is 2.39. The van der Waals surface area contributed by atoms with Gasteiger partial charge in [0, 0.05) is 22.1 Å². The van der Waals surface area contributed by atoms with Crippen molar-refractivity contribution in [1.29, 1.82) is 0 Å². The normalized spacial score (nSPS) is 11.0. The molecule has 39 heavy (non-hydrogen) atoms. The highest BCUT2D eigenvalue weighted by molar-refractivity contribution is 6.10. The van der Waals surface area contributed by atoms with Crippen LogP contribution in [0.3, 0.4) is 0 Å². The van der Waals surface area contributed by atoms with Crippen LogP contribution in [-0.4, -0.2) is 25.5 Å². The average molecular weight is 519 g/mol. The van der Waals surface area contributed by atoms with Gasteiger partial charge in [-0.25, -0.2) is 4.79 Å². The molecule has 0 saturated carbocycles. The van der Waals surface area contributed by atoms with Crippen LogP contribution in [-0.2, 0) is 0 Å². The zero-order valence-corrected chi connectivity index (χ0v) is 21.5. The van der Waals surface area contributed by atoms with E-state index in [1.165, 1.54) is 6.08 Å². The van der Waals surface area contributed by atoms with Crippen molar-refractivity contribution in [1.82, 2.24) is 0 Å². The maximum absolute atomic E-state index is 13.5. The van der Waals surface area contributed by atoms with E-state index in [9.17, 15) is 9.59 Å². The van der Waals surface area contributed by atoms with E-state index in [0.29, 0.717) is 51.7 Å². The number of carbonyl (C=O) groups excluding carboxylic acids is 2. The van der Waals surface area contributed by atoms with Gasteiger partial charge in [-0.05, 0) is 67.6 Å². The number of ketones is 1. The Labute approximate surface area is 226 Å². The Morgan fingerprint density at radius 2 is 1.56 bits per heavy atom. The van der Waals surface area contributed by atoms with Gasteiger partial charge in [0.15, 0.2) is 5.78 Å². The first-order chi connectivity index (χ1) is 19.1. The van der Waals surface area contributed by atoms with Gasteiger partial charge in [-0.2, -0.15) is 0 Å². The second-order valence-corrected chi connectivity index (χ2v) is 8.62. The minimum Gasteiger partial charge on any atom is -0.496 e. The second kappa shape index (κ2) is 11.5. The van der Waals surface area contributed by atoms with E-state index in [4.69, 9.17) is 18.6 Å². The quantitative estimate of drug-likeness (QED) is 0.0865. The highest BCUT2D eigenvalue weighted by Gasteiger charge is 2.24. The molecule has 0 spiro atoms. The van der Waals surface area contributed by atoms with Gasteiger partial charge >= 0.3 is 5.97 Å². The van der Waals surface area contributed by atoms with Crippen LogP contribution in [0.1, 0.15) is 33.2 Å². The minimum absolute atomic E-state index is 0.186. The monoisotopic (exact) mass is 518 g/mol. The molecule has 0 unspecified atom stereocenters. The van der Waals surface area contributed by atoms with Crippen molar-refractivity contribution in [2.24, 2.45) is 0 Å². The predicted octanol–water partition coefficient (Wildman–Crippen LogP) is 7.62. The number of ether oxygens (including phenoxy) is 3. The van der Waals surface area contributed by atoms with Crippen molar-refractivity contribution in [3.63, 3.8) is 0 Å². The van der Waals surface area contributed by atoms with Crippen molar-refractivity contribution in [2.45, 2.75) is 6.92 Å². The summed E-state index contributed by atoms with van der Waals surface area (Å²) in [4.78, 5) is 26.2. The van der Waals surface area contributed by atoms with Crippen LogP contribution < -0.4 is 14.2 Å². The number of furan rings is 1. The van der Waals surface area contributed by atoms with Crippen LogP contribution in [0.4, 0.5) is 0 Å². The van der Waals surface area contributed by atoms with Crippen molar-refractivity contribution in [3.8, 4) is 28.6 Å². The summed E-state index contributed by atoms with van der Waals surface area (Å²) in [5.41, 5.74) is 2.86. The summed E-state index contributed by atoms with van der Waals surface area (Å²) in [6, 6.07) is 28.6. The lowest BCUT2D eigenvalue weighted by Gasteiger charge is -2.07. The lowest BCUT2D eigenvalue weighted by Crippen LogP contribution is -2.09. The van der Waals surface area contributed by atoms with Crippen LogP contribution in [0.2, 0.25) is 0 Å². The molecule has 5 rings (SSSR count). The number of rotatable bonds is 9. The summed E-state index contributed by atoms with van der Waals surface area (Å²) >= 11 is 0. The molecule has 0 radical (unpaired) electrons. The van der Waals surface area contributed by atoms with Gasteiger partial charge in [0.1, 0.15) is 34.2 Å². The number of para-hydroxylation sites is 1. The number of allylic oxidation sites excluding steroid dienone is 1. The summed E-state index contributed by atoms with van der Waals surface area (Å²) in [7, 11) is 1.58. The standard InChI is InChI=1S/C33H26O6/c1-3-37-26-18-20-30-27(21-26)31(32(39-30)24-10-5-4-6-11-24)33(35)38-25-16-13-22(14-17-25)28(34)19-15-23-9-7-8-12-29(23)36-2/h4-21H,3H2,1-2H3. The van der Waals surface area contributed by atoms with Crippen LogP contribution in [0.5, 0.6) is 17.2 Å². The Bertz CT molecular complexity index is 1650. The lowest BCUT2D eigenvalue weighted by molar-refractivity contribution is 0.0737. The molecule has 0 aliphatic heterocycles. The van der Waals surface area contributed by atoms with E-state index < -0.39 is 5.97 Å². The molecule has 0 saturated heterocycles. The fourth-order valence-corrected chi connectivity index (χ4v) is 4.24. The Kier molecular flexibility index (Phi) is 7.55. The number of carbonyl (C=O) groups is 2. The molecule has 1 heterocycles. The highest BCUT2D eigenvalue weighted by Crippen LogP contribution is 2.36. The minimum atomic E-state index is -0.573. The molecular weight excluding hydrogens is 492 g/mol. The number of esters is 1. The van der Waals surface area contributed by atoms with Crippen LogP contribution in [0.25, 0.3) is 28.4 Å². The highest BCUT2D eigenvalue weighted by atomic mass is 16.5. The Morgan fingerprint density at radius 3 is 2.31 bits per heavy atom. The number of methoxy groups -OCH3 is 1. The zero-order valence-electron chi connectivity index (χ0n) is 21.5. The van der Waals surface area contributed by atoms with Gasteiger partial charge in [0.05, 0.1) is 13.7 Å². The molecular formula is C33H26O6. The molecule has 0 aliphatic carbocycles. The maximum Gasteiger partial charge on any atom is 0.348 e. The molecule has 0 fully saturated rings. The first-order valence-corrected chi connectivity index (χ1v) is 12.5. The largest absolute Gasteiger partial charge is 0.496 e. The SMILES string of the molecule is CCOc1ccc2oc(-c3ccccc3)c(C(=O)Oc3ccc(C(=O)C=Cc4ccccc4OC)cc3)c2c1. The number of benzene rings is 4. The fraction of sp³-hybridized carbons (Fsp3) is 0.0909. The van der Waals surface area contributed by atoms with Gasteiger partial charge in [-0.1, -0.05) is 48.5 Å². The van der Waals surface area contributed by atoms with Gasteiger partial charge in [-0.3, -0.25) is 4.79 Å². The van der Waals surface area contributed by atoms with E-state index in [1.54, 1.807) is 55.7 Å². The third kappa shape index (κ3) is 5.60. The van der Waals surface area contributed by atoms with E-state index in [1.807, 2.05) is 61.5 Å². The first-order valence-electron chi connectivity index (χ1n) is 12.5. The summed E-state index contributed by atoms with van der Waals surface area (Å²) in [5.74, 6) is 1.27. The fourth-order valence-electron chi connectivity index (χ4n) is 4.24. The average Bonchev–Trinajstić information content (AvgIpc) is 3.36. The van der Waals surface area contributed by atoms with E-state index in [-0.39, 0.29) is 5.78 Å². The second-order valence-electron chi connectivity index (χ2n) is 8.62. The van der Waals surface area contributed by atoms with E-state index in [2.05, 4.69) is 0 Å². The molecule has 1 aromatic heterocycles. The first kappa shape index (κ1) is 25.5. The molecule has 5 aromatic rings. The lowest BCUT2D eigenvalue weighted by atomic mass is 10.1. The third-order valence-electron chi connectivity index (χ3n) is 6.11. The van der Waals surface area contributed by atoms with Gasteiger partial charge in [0.25, 0.3) is 0 Å². The third-order valence-corrected chi connectivity index (χ3v) is 6.11. The Balaban J connectivity index is 1.40. The van der Waals surface area contributed by atoms with Crippen molar-refractivity contribution in [2.75, 3.05) is 13.7 Å². The molecule has 4 aromatic carbocycles. The Hall–Kier alpha value is -5.10. The van der Waals surface area contributed by atoms with Crippen molar-refractivity contribution in [3.05, 3.63) is 120 Å². The topological polar surface area (TPSA) is 75.0 Å². The van der Waals surface area contributed by atoms with Crippen LogP contribution in [0, 0.1) is 0 Å².